The van der Waals surface area contributed by atoms with Gasteiger partial charge in [0.15, 0.2) is 22.9 Å². The van der Waals surface area contributed by atoms with E-state index in [-0.39, 0.29) is 5.43 Å². The Bertz CT molecular complexity index is 1640. The molecule has 0 bridgehead atoms. The Morgan fingerprint density at radius 1 is 0.486 bits per heavy atom. The van der Waals surface area contributed by atoms with E-state index in [0.29, 0.717) is 22.9 Å². The van der Waals surface area contributed by atoms with E-state index in [4.69, 9.17) is 15.0 Å². The highest BCUT2D eigenvalue weighted by molar-refractivity contribution is 5.84. The molecule has 166 valence electrons. The van der Waals surface area contributed by atoms with Crippen molar-refractivity contribution in [2.75, 3.05) is 0 Å². The molecule has 0 aliphatic rings. The van der Waals surface area contributed by atoms with Crippen LogP contribution in [0.3, 0.4) is 0 Å². The predicted molar refractivity (Wildman–Crippen MR) is 140 cm³/mol. The molecule has 0 atom stereocenters. The molecule has 0 aliphatic heterocycles. The van der Waals surface area contributed by atoms with E-state index in [2.05, 4.69) is 4.98 Å². The number of aromatic nitrogens is 4. The lowest BCUT2D eigenvalue weighted by Crippen LogP contribution is -2.00. The Morgan fingerprint density at radius 3 is 1.54 bits per heavy atom. The molecule has 6 rings (SSSR count). The predicted octanol–water partition coefficient (Wildman–Crippen LogP) is 6.38. The van der Waals surface area contributed by atoms with E-state index < -0.39 is 0 Å². The van der Waals surface area contributed by atoms with E-state index in [1.54, 1.807) is 12.3 Å². The van der Waals surface area contributed by atoms with E-state index >= 15 is 0 Å². The van der Waals surface area contributed by atoms with Gasteiger partial charge in [0.25, 0.3) is 0 Å². The Kier molecular flexibility index (Phi) is 5.20. The fourth-order valence-electron chi connectivity index (χ4n) is 4.10. The molecule has 2 heterocycles. The fourth-order valence-corrected chi connectivity index (χ4v) is 4.10. The zero-order chi connectivity index (χ0) is 23.6. The number of benzene rings is 4. The van der Waals surface area contributed by atoms with Crippen LogP contribution in [0.4, 0.5) is 0 Å². The number of nitrogens with one attached hydrogen (secondary N) is 1. The first kappa shape index (κ1) is 20.7. The highest BCUT2D eigenvalue weighted by Crippen LogP contribution is 2.27. The third kappa shape index (κ3) is 4.11. The van der Waals surface area contributed by atoms with Crippen LogP contribution < -0.4 is 5.43 Å². The maximum absolute atomic E-state index is 12.3. The average molecular weight is 453 g/mol. The number of hydrogen-bond acceptors (Lipinski definition) is 4. The van der Waals surface area contributed by atoms with Gasteiger partial charge in [0.2, 0.25) is 0 Å². The molecule has 2 aromatic heterocycles. The van der Waals surface area contributed by atoms with Crippen molar-refractivity contribution in [1.82, 2.24) is 19.9 Å². The second-order valence-electron chi connectivity index (χ2n) is 8.22. The quantitative estimate of drug-likeness (QED) is 0.337. The molecule has 0 radical (unpaired) electrons. The summed E-state index contributed by atoms with van der Waals surface area (Å²) in [7, 11) is 0. The molecule has 35 heavy (non-hydrogen) atoms. The minimum atomic E-state index is 0.00397. The third-order valence-electron chi connectivity index (χ3n) is 5.93. The Morgan fingerprint density at radius 2 is 0.971 bits per heavy atom. The van der Waals surface area contributed by atoms with Gasteiger partial charge >= 0.3 is 0 Å². The van der Waals surface area contributed by atoms with Crippen LogP contribution in [-0.2, 0) is 0 Å². The maximum Gasteiger partial charge on any atom is 0.189 e. The SMILES string of the molecule is O=c1cc[nH]c2ccc(-c3ccc(-c4nc(-c5ccccc5)nc(-c5ccccc5)n4)cc3)cc12. The fraction of sp³-hybridized carbons (Fsp3) is 0. The molecule has 0 saturated carbocycles. The molecular weight excluding hydrogens is 432 g/mol. The minimum Gasteiger partial charge on any atom is -0.361 e. The van der Waals surface area contributed by atoms with E-state index in [1.165, 1.54) is 0 Å². The van der Waals surface area contributed by atoms with Crippen LogP contribution in [-0.4, -0.2) is 19.9 Å². The lowest BCUT2D eigenvalue weighted by Gasteiger charge is -2.09. The van der Waals surface area contributed by atoms with Crippen molar-refractivity contribution in [2.45, 2.75) is 0 Å². The van der Waals surface area contributed by atoms with Crippen molar-refractivity contribution >= 4 is 10.9 Å². The van der Waals surface area contributed by atoms with Crippen molar-refractivity contribution in [3.8, 4) is 45.3 Å². The highest BCUT2D eigenvalue weighted by Gasteiger charge is 2.12. The Labute approximate surface area is 201 Å². The summed E-state index contributed by atoms with van der Waals surface area (Å²) in [4.78, 5) is 29.7. The first-order chi connectivity index (χ1) is 17.2. The number of hydrogen-bond donors (Lipinski definition) is 1. The molecule has 0 fully saturated rings. The zero-order valence-corrected chi connectivity index (χ0v) is 18.7. The van der Waals surface area contributed by atoms with Gasteiger partial charge in [0.1, 0.15) is 0 Å². The lowest BCUT2D eigenvalue weighted by atomic mass is 10.0. The number of pyridine rings is 1. The zero-order valence-electron chi connectivity index (χ0n) is 18.7. The van der Waals surface area contributed by atoms with Gasteiger partial charge in [-0.15, -0.1) is 0 Å². The van der Waals surface area contributed by atoms with E-state index in [9.17, 15) is 4.79 Å². The first-order valence-electron chi connectivity index (χ1n) is 11.3. The number of fused-ring (bicyclic) bond motifs is 1. The topological polar surface area (TPSA) is 71.5 Å². The lowest BCUT2D eigenvalue weighted by molar-refractivity contribution is 1.07. The van der Waals surface area contributed by atoms with Crippen molar-refractivity contribution in [3.63, 3.8) is 0 Å². The summed E-state index contributed by atoms with van der Waals surface area (Å²) in [5.41, 5.74) is 5.59. The molecule has 0 unspecified atom stereocenters. The van der Waals surface area contributed by atoms with Gasteiger partial charge < -0.3 is 4.98 Å². The summed E-state index contributed by atoms with van der Waals surface area (Å²) < 4.78 is 0. The molecule has 0 saturated heterocycles. The third-order valence-corrected chi connectivity index (χ3v) is 5.93. The average Bonchev–Trinajstić information content (AvgIpc) is 2.94. The van der Waals surface area contributed by atoms with Gasteiger partial charge in [-0.05, 0) is 23.3 Å². The molecule has 0 aliphatic carbocycles. The molecule has 5 nitrogen and oxygen atoms in total. The smallest absolute Gasteiger partial charge is 0.189 e. The molecule has 6 aromatic rings. The summed E-state index contributed by atoms with van der Waals surface area (Å²) in [6.45, 7) is 0. The Hall–Kier alpha value is -4.90. The van der Waals surface area contributed by atoms with Crippen molar-refractivity contribution in [2.24, 2.45) is 0 Å². The number of nitrogens with zero attached hydrogens (tertiary/aromatic N) is 3. The van der Waals surface area contributed by atoms with Gasteiger partial charge in [0.05, 0.1) is 0 Å². The normalized spacial score (nSPS) is 11.0. The largest absolute Gasteiger partial charge is 0.361 e. The van der Waals surface area contributed by atoms with Gasteiger partial charge in [-0.3, -0.25) is 4.79 Å². The van der Waals surface area contributed by atoms with E-state index in [1.807, 2.05) is 103 Å². The van der Waals surface area contributed by atoms with Crippen molar-refractivity contribution < 1.29 is 0 Å². The van der Waals surface area contributed by atoms with Crippen LogP contribution >= 0.6 is 0 Å². The van der Waals surface area contributed by atoms with Crippen LogP contribution in [0, 0.1) is 0 Å². The molecule has 0 spiro atoms. The van der Waals surface area contributed by atoms with Crippen LogP contribution in [0.5, 0.6) is 0 Å². The van der Waals surface area contributed by atoms with Gasteiger partial charge in [-0.25, -0.2) is 15.0 Å². The number of H-pyrrole nitrogens is 1. The van der Waals surface area contributed by atoms with Crippen LogP contribution in [0.2, 0.25) is 0 Å². The molecule has 4 aromatic carbocycles. The van der Waals surface area contributed by atoms with Gasteiger partial charge in [-0.2, -0.15) is 0 Å². The van der Waals surface area contributed by atoms with E-state index in [0.717, 1.165) is 33.3 Å². The van der Waals surface area contributed by atoms with Crippen molar-refractivity contribution in [3.05, 3.63) is 126 Å². The summed E-state index contributed by atoms with van der Waals surface area (Å²) >= 11 is 0. The second kappa shape index (κ2) is 8.80. The first-order valence-corrected chi connectivity index (χ1v) is 11.3. The summed E-state index contributed by atoms with van der Waals surface area (Å²) in [6.07, 6.45) is 1.67. The van der Waals surface area contributed by atoms with Crippen molar-refractivity contribution in [1.29, 1.82) is 0 Å². The molecule has 5 heteroatoms. The maximum atomic E-state index is 12.3. The summed E-state index contributed by atoms with van der Waals surface area (Å²) in [6, 6.07) is 35.3. The van der Waals surface area contributed by atoms with Gasteiger partial charge in [0, 0.05) is 39.9 Å². The minimum absolute atomic E-state index is 0.00397. The second-order valence-corrected chi connectivity index (χ2v) is 8.22. The monoisotopic (exact) mass is 452 g/mol. The standard InChI is InChI=1S/C30H20N4O/c35-27-17-18-31-26-16-15-24(19-25(26)27)20-11-13-23(14-12-20)30-33-28(21-7-3-1-4-8-21)32-29(34-30)22-9-5-2-6-10-22/h1-19H,(H,31,35). The number of rotatable bonds is 4. The Balaban J connectivity index is 1.43. The van der Waals surface area contributed by atoms with Crippen LogP contribution in [0.1, 0.15) is 0 Å². The summed E-state index contributed by atoms with van der Waals surface area (Å²) in [5, 5.41) is 0.673. The highest BCUT2D eigenvalue weighted by atomic mass is 16.1. The molecular formula is C30H20N4O. The molecule has 1 N–H and O–H groups in total. The summed E-state index contributed by atoms with van der Waals surface area (Å²) in [5.74, 6) is 1.87. The number of aromatic amines is 1. The molecule has 0 amide bonds. The van der Waals surface area contributed by atoms with Gasteiger partial charge in [-0.1, -0.05) is 91.0 Å². The van der Waals surface area contributed by atoms with Crippen LogP contribution in [0.15, 0.2) is 120 Å². The van der Waals surface area contributed by atoms with Crippen LogP contribution in [0.25, 0.3) is 56.2 Å².